The highest BCUT2D eigenvalue weighted by atomic mass is 16.5. The molecule has 1 fully saturated rings. The second kappa shape index (κ2) is 8.31. The van der Waals surface area contributed by atoms with E-state index in [0.29, 0.717) is 29.5 Å². The molecule has 2 N–H and O–H groups in total. The van der Waals surface area contributed by atoms with E-state index >= 15 is 0 Å². The van der Waals surface area contributed by atoms with Gasteiger partial charge >= 0.3 is 0 Å². The van der Waals surface area contributed by atoms with Crippen molar-refractivity contribution in [3.8, 4) is 5.75 Å². The van der Waals surface area contributed by atoms with Gasteiger partial charge in [-0.15, -0.1) is 0 Å². The van der Waals surface area contributed by atoms with Crippen LogP contribution in [-0.4, -0.2) is 29.9 Å². The molecule has 6 heteroatoms. The zero-order valence-corrected chi connectivity index (χ0v) is 16.3. The van der Waals surface area contributed by atoms with Crippen LogP contribution in [0.1, 0.15) is 41.7 Å². The van der Waals surface area contributed by atoms with Gasteiger partial charge < -0.3 is 15.4 Å². The fraction of sp³-hybridized carbons (Fsp3) is 0.261. The average molecular weight is 389 g/mol. The minimum absolute atomic E-state index is 0.0352. The van der Waals surface area contributed by atoms with E-state index in [1.54, 1.807) is 24.3 Å². The first-order valence-electron chi connectivity index (χ1n) is 9.84. The van der Waals surface area contributed by atoms with Gasteiger partial charge in [-0.1, -0.05) is 18.2 Å². The smallest absolute Gasteiger partial charge is 0.257 e. The Kier molecular flexibility index (Phi) is 5.42. The van der Waals surface area contributed by atoms with Crippen molar-refractivity contribution in [3.63, 3.8) is 0 Å². The number of hydrogen-bond acceptors (Lipinski definition) is 4. The number of para-hydroxylation sites is 1. The molecule has 0 spiro atoms. The summed E-state index contributed by atoms with van der Waals surface area (Å²) < 4.78 is 5.44. The van der Waals surface area contributed by atoms with E-state index in [1.165, 1.54) is 0 Å². The number of hydrogen-bond donors (Lipinski definition) is 2. The van der Waals surface area contributed by atoms with Crippen LogP contribution in [0.15, 0.2) is 54.6 Å². The van der Waals surface area contributed by atoms with Crippen LogP contribution >= 0.6 is 0 Å². The van der Waals surface area contributed by atoms with Crippen LogP contribution in [0, 0.1) is 0 Å². The molecule has 1 heterocycles. The highest BCUT2D eigenvalue weighted by Crippen LogP contribution is 2.40. The Morgan fingerprint density at radius 3 is 2.59 bits per heavy atom. The number of carbonyl (C=O) groups is 2. The number of rotatable bonds is 7. The number of pyridine rings is 1. The summed E-state index contributed by atoms with van der Waals surface area (Å²) >= 11 is 0. The standard InChI is InChI=1S/C23H23N3O3/c1-2-24-22(27)14-29-17-11-9-16(10-12-17)25-23(28)19-13-21(15-7-8-15)26-20-6-4-3-5-18(19)20/h3-6,9-13,15H,2,7-8,14H2,1H3,(H,24,27)(H,25,28). The number of aromatic nitrogens is 1. The zero-order chi connectivity index (χ0) is 20.2. The molecule has 1 aliphatic carbocycles. The van der Waals surface area contributed by atoms with Gasteiger partial charge in [0.15, 0.2) is 6.61 Å². The first-order valence-corrected chi connectivity index (χ1v) is 9.84. The van der Waals surface area contributed by atoms with Crippen molar-refractivity contribution in [2.75, 3.05) is 18.5 Å². The summed E-state index contributed by atoms with van der Waals surface area (Å²) in [4.78, 5) is 29.2. The van der Waals surface area contributed by atoms with Crippen LogP contribution in [0.3, 0.4) is 0 Å². The third kappa shape index (κ3) is 4.54. The lowest BCUT2D eigenvalue weighted by Crippen LogP contribution is -2.28. The summed E-state index contributed by atoms with van der Waals surface area (Å²) in [6, 6.07) is 16.6. The Labute approximate surface area is 169 Å². The van der Waals surface area contributed by atoms with E-state index in [2.05, 4.69) is 10.6 Å². The minimum atomic E-state index is -0.166. The van der Waals surface area contributed by atoms with Crippen LogP contribution in [0.4, 0.5) is 5.69 Å². The maximum Gasteiger partial charge on any atom is 0.257 e. The van der Waals surface area contributed by atoms with Crippen molar-refractivity contribution in [1.29, 1.82) is 0 Å². The van der Waals surface area contributed by atoms with Crippen LogP contribution < -0.4 is 15.4 Å². The second-order valence-electron chi connectivity index (χ2n) is 7.11. The SMILES string of the molecule is CCNC(=O)COc1ccc(NC(=O)c2cc(C3CC3)nc3ccccc23)cc1. The van der Waals surface area contributed by atoms with Gasteiger partial charge in [-0.3, -0.25) is 14.6 Å². The summed E-state index contributed by atoms with van der Waals surface area (Å²) in [7, 11) is 0. The molecule has 3 aromatic rings. The highest BCUT2D eigenvalue weighted by molar-refractivity contribution is 6.12. The van der Waals surface area contributed by atoms with E-state index in [-0.39, 0.29) is 18.4 Å². The van der Waals surface area contributed by atoms with Crippen LogP contribution in [0.25, 0.3) is 10.9 Å². The lowest BCUT2D eigenvalue weighted by molar-refractivity contribution is -0.122. The molecule has 1 aromatic heterocycles. The van der Waals surface area contributed by atoms with Crippen LogP contribution in [-0.2, 0) is 4.79 Å². The third-order valence-electron chi connectivity index (χ3n) is 4.83. The first-order chi connectivity index (χ1) is 14.1. The fourth-order valence-electron chi connectivity index (χ4n) is 3.20. The molecule has 1 aliphatic rings. The summed E-state index contributed by atoms with van der Waals surface area (Å²) in [5, 5.41) is 6.47. The maximum absolute atomic E-state index is 13.0. The summed E-state index contributed by atoms with van der Waals surface area (Å²) in [5.74, 6) is 0.703. The Morgan fingerprint density at radius 2 is 1.86 bits per heavy atom. The van der Waals surface area contributed by atoms with Gasteiger partial charge in [0.2, 0.25) is 0 Å². The molecule has 4 rings (SSSR count). The topological polar surface area (TPSA) is 80.3 Å². The number of benzene rings is 2. The largest absolute Gasteiger partial charge is 0.484 e. The van der Waals surface area contributed by atoms with Crippen molar-refractivity contribution in [2.45, 2.75) is 25.7 Å². The number of amides is 2. The maximum atomic E-state index is 13.0. The van der Waals surface area contributed by atoms with Gasteiger partial charge in [0.05, 0.1) is 11.1 Å². The van der Waals surface area contributed by atoms with E-state index in [9.17, 15) is 9.59 Å². The van der Waals surface area contributed by atoms with E-state index in [0.717, 1.165) is 29.4 Å². The average Bonchev–Trinajstić information content (AvgIpc) is 3.58. The molecule has 6 nitrogen and oxygen atoms in total. The Morgan fingerprint density at radius 1 is 1.10 bits per heavy atom. The van der Waals surface area contributed by atoms with Gasteiger partial charge in [-0.25, -0.2) is 0 Å². The highest BCUT2D eigenvalue weighted by Gasteiger charge is 2.27. The molecule has 2 aromatic carbocycles. The van der Waals surface area contributed by atoms with E-state index < -0.39 is 0 Å². The fourth-order valence-corrected chi connectivity index (χ4v) is 3.20. The molecule has 0 atom stereocenters. The molecular weight excluding hydrogens is 366 g/mol. The monoisotopic (exact) mass is 389 g/mol. The molecule has 148 valence electrons. The third-order valence-corrected chi connectivity index (χ3v) is 4.83. The van der Waals surface area contributed by atoms with E-state index in [4.69, 9.17) is 9.72 Å². The summed E-state index contributed by atoms with van der Waals surface area (Å²) in [5.41, 5.74) is 3.13. The van der Waals surface area contributed by atoms with Crippen molar-refractivity contribution < 1.29 is 14.3 Å². The molecule has 0 bridgehead atoms. The van der Waals surface area contributed by atoms with Crippen LogP contribution in [0.2, 0.25) is 0 Å². The van der Waals surface area contributed by atoms with Crippen molar-refractivity contribution in [3.05, 3.63) is 65.9 Å². The lowest BCUT2D eigenvalue weighted by Gasteiger charge is -2.11. The molecule has 0 radical (unpaired) electrons. The Hall–Kier alpha value is -3.41. The van der Waals surface area contributed by atoms with Gasteiger partial charge in [-0.2, -0.15) is 0 Å². The lowest BCUT2D eigenvalue weighted by atomic mass is 10.1. The normalized spacial score (nSPS) is 13.1. The molecule has 0 unspecified atom stereocenters. The molecular formula is C23H23N3O3. The zero-order valence-electron chi connectivity index (χ0n) is 16.3. The number of nitrogens with one attached hydrogen (secondary N) is 2. The molecule has 0 saturated heterocycles. The number of fused-ring (bicyclic) bond motifs is 1. The van der Waals surface area contributed by atoms with E-state index in [1.807, 2.05) is 37.3 Å². The number of anilines is 1. The van der Waals surface area contributed by atoms with Crippen molar-refractivity contribution >= 4 is 28.4 Å². The Balaban J connectivity index is 1.49. The first kappa shape index (κ1) is 18.9. The molecule has 1 saturated carbocycles. The Bertz CT molecular complexity index is 1040. The predicted octanol–water partition coefficient (Wildman–Crippen LogP) is 3.88. The quantitative estimate of drug-likeness (QED) is 0.643. The van der Waals surface area contributed by atoms with Gasteiger partial charge in [0.1, 0.15) is 5.75 Å². The van der Waals surface area contributed by atoms with Gasteiger partial charge in [-0.05, 0) is 56.2 Å². The van der Waals surface area contributed by atoms with Crippen LogP contribution in [0.5, 0.6) is 5.75 Å². The van der Waals surface area contributed by atoms with Gasteiger partial charge in [0, 0.05) is 29.2 Å². The molecule has 29 heavy (non-hydrogen) atoms. The molecule has 0 aliphatic heterocycles. The van der Waals surface area contributed by atoms with Crippen molar-refractivity contribution in [2.24, 2.45) is 0 Å². The molecule has 2 amide bonds. The number of likely N-dealkylation sites (N-methyl/N-ethyl adjacent to an activating group) is 1. The minimum Gasteiger partial charge on any atom is -0.484 e. The summed E-state index contributed by atoms with van der Waals surface area (Å²) in [6.45, 7) is 2.39. The van der Waals surface area contributed by atoms with Gasteiger partial charge in [0.25, 0.3) is 11.8 Å². The van der Waals surface area contributed by atoms with Crippen molar-refractivity contribution in [1.82, 2.24) is 10.3 Å². The summed E-state index contributed by atoms with van der Waals surface area (Å²) in [6.07, 6.45) is 2.26. The number of carbonyl (C=O) groups excluding carboxylic acids is 2. The predicted molar refractivity (Wildman–Crippen MR) is 112 cm³/mol. The second-order valence-corrected chi connectivity index (χ2v) is 7.11. The number of ether oxygens (including phenoxy) is 1. The number of nitrogens with zero attached hydrogens (tertiary/aromatic N) is 1.